The Morgan fingerprint density at radius 2 is 2.21 bits per heavy atom. The number of Topliss-reactive ketones (excluding diaryl/α,β-unsaturated/α-hetero) is 1. The summed E-state index contributed by atoms with van der Waals surface area (Å²) in [4.78, 5) is 12.1. The highest BCUT2D eigenvalue weighted by atomic mass is 16.6. The molecule has 4 atom stereocenters. The minimum Gasteiger partial charge on any atom is -0.354 e. The molecule has 0 unspecified atom stereocenters. The van der Waals surface area contributed by atoms with E-state index in [1.54, 1.807) is 0 Å². The Labute approximate surface area is 85.0 Å². The molecular formula is C12H18O2. The summed E-state index contributed by atoms with van der Waals surface area (Å²) in [5.41, 5.74) is -0.406. The molecule has 78 valence electrons. The van der Waals surface area contributed by atoms with Crippen LogP contribution in [-0.2, 0) is 9.53 Å². The molecule has 1 saturated heterocycles. The number of carbonyl (C=O) groups excluding carboxylic acids is 1. The number of hydrogen-bond acceptors (Lipinski definition) is 2. The zero-order valence-electron chi connectivity index (χ0n) is 9.01. The molecule has 3 rings (SSSR count). The lowest BCUT2D eigenvalue weighted by atomic mass is 9.80. The van der Waals surface area contributed by atoms with Gasteiger partial charge in [0, 0.05) is 12.3 Å². The van der Waals surface area contributed by atoms with Crippen LogP contribution in [0.25, 0.3) is 0 Å². The van der Waals surface area contributed by atoms with Crippen LogP contribution in [0.5, 0.6) is 0 Å². The Balaban J connectivity index is 2.01. The molecule has 0 aromatic rings. The molecule has 2 saturated carbocycles. The van der Waals surface area contributed by atoms with Gasteiger partial charge in [-0.05, 0) is 38.5 Å². The van der Waals surface area contributed by atoms with E-state index in [9.17, 15) is 4.79 Å². The Hall–Kier alpha value is -0.370. The van der Waals surface area contributed by atoms with E-state index in [4.69, 9.17) is 4.74 Å². The molecule has 0 amide bonds. The van der Waals surface area contributed by atoms with Gasteiger partial charge in [0.1, 0.15) is 5.60 Å². The molecule has 2 heteroatoms. The fraction of sp³-hybridized carbons (Fsp3) is 0.917. The fourth-order valence-corrected chi connectivity index (χ4v) is 3.88. The van der Waals surface area contributed by atoms with E-state index in [2.05, 4.69) is 13.8 Å². The molecule has 0 radical (unpaired) electrons. The van der Waals surface area contributed by atoms with Gasteiger partial charge in [-0.3, -0.25) is 4.79 Å². The second-order valence-corrected chi connectivity index (χ2v) is 5.51. The van der Waals surface area contributed by atoms with Gasteiger partial charge < -0.3 is 4.74 Å². The molecule has 1 spiro atoms. The van der Waals surface area contributed by atoms with Crippen LogP contribution >= 0.6 is 0 Å². The number of hydrogen-bond donors (Lipinski definition) is 0. The van der Waals surface area contributed by atoms with Crippen molar-refractivity contribution in [2.45, 2.75) is 57.2 Å². The highest BCUT2D eigenvalue weighted by Gasteiger charge is 2.78. The van der Waals surface area contributed by atoms with Crippen LogP contribution < -0.4 is 0 Å². The van der Waals surface area contributed by atoms with Gasteiger partial charge in [-0.1, -0.05) is 6.92 Å². The molecule has 0 N–H and O–H groups in total. The van der Waals surface area contributed by atoms with E-state index in [0.717, 1.165) is 19.3 Å². The molecular weight excluding hydrogens is 176 g/mol. The van der Waals surface area contributed by atoms with E-state index in [1.807, 2.05) is 0 Å². The molecule has 0 bridgehead atoms. The summed E-state index contributed by atoms with van der Waals surface area (Å²) < 4.78 is 5.85. The van der Waals surface area contributed by atoms with E-state index in [0.29, 0.717) is 17.6 Å². The van der Waals surface area contributed by atoms with Crippen LogP contribution in [0.1, 0.15) is 46.0 Å². The van der Waals surface area contributed by atoms with Crippen LogP contribution in [-0.4, -0.2) is 17.0 Å². The van der Waals surface area contributed by atoms with E-state index < -0.39 is 0 Å². The van der Waals surface area contributed by atoms with Crippen LogP contribution in [0.4, 0.5) is 0 Å². The third kappa shape index (κ3) is 0.796. The Kier molecular flexibility index (Phi) is 1.53. The lowest BCUT2D eigenvalue weighted by molar-refractivity contribution is -0.125. The molecule has 1 aliphatic heterocycles. The average Bonchev–Trinajstić information content (AvgIpc) is 2.67. The standard InChI is InChI=1S/C12H18O2/c1-8-4-3-5-10(13)12-9(8)6-7-11(12,2)14-12/h8-9H,3-7H2,1-2H3/t8-,9+,11-,12-/m1/s1. The zero-order chi connectivity index (χ0) is 9.97. The van der Waals surface area contributed by atoms with Crippen LogP contribution in [0.15, 0.2) is 0 Å². The summed E-state index contributed by atoms with van der Waals surface area (Å²) in [5.74, 6) is 1.58. The second-order valence-electron chi connectivity index (χ2n) is 5.51. The van der Waals surface area contributed by atoms with Crippen LogP contribution in [0.2, 0.25) is 0 Å². The molecule has 0 aromatic heterocycles. The van der Waals surface area contributed by atoms with Crippen molar-refractivity contribution < 1.29 is 9.53 Å². The normalized spacial score (nSPS) is 56.3. The molecule has 2 aliphatic carbocycles. The summed E-state index contributed by atoms with van der Waals surface area (Å²) in [7, 11) is 0. The highest BCUT2D eigenvalue weighted by Crippen LogP contribution is 2.66. The number of rotatable bonds is 0. The van der Waals surface area contributed by atoms with E-state index >= 15 is 0 Å². The van der Waals surface area contributed by atoms with E-state index in [-0.39, 0.29) is 11.2 Å². The largest absolute Gasteiger partial charge is 0.354 e. The second kappa shape index (κ2) is 2.41. The lowest BCUT2D eigenvalue weighted by Crippen LogP contribution is -2.35. The van der Waals surface area contributed by atoms with Crippen molar-refractivity contribution in [3.63, 3.8) is 0 Å². The van der Waals surface area contributed by atoms with Gasteiger partial charge in [0.15, 0.2) is 11.4 Å². The maximum absolute atomic E-state index is 12.1. The van der Waals surface area contributed by atoms with Gasteiger partial charge >= 0.3 is 0 Å². The summed E-state index contributed by atoms with van der Waals surface area (Å²) >= 11 is 0. The van der Waals surface area contributed by atoms with Gasteiger partial charge in [-0.15, -0.1) is 0 Å². The molecule has 0 aromatic carbocycles. The third-order valence-corrected chi connectivity index (χ3v) is 4.75. The summed E-state index contributed by atoms with van der Waals surface area (Å²) in [6, 6.07) is 0. The smallest absolute Gasteiger partial charge is 0.167 e. The van der Waals surface area contributed by atoms with Crippen molar-refractivity contribution in [1.82, 2.24) is 0 Å². The summed E-state index contributed by atoms with van der Waals surface area (Å²) in [6.07, 6.45) is 5.31. The molecule has 2 nitrogen and oxygen atoms in total. The fourth-order valence-electron chi connectivity index (χ4n) is 3.88. The predicted molar refractivity (Wildman–Crippen MR) is 53.0 cm³/mol. The van der Waals surface area contributed by atoms with Crippen molar-refractivity contribution in [3.8, 4) is 0 Å². The first-order chi connectivity index (χ1) is 6.60. The lowest BCUT2D eigenvalue weighted by Gasteiger charge is -2.22. The number of epoxide rings is 1. The van der Waals surface area contributed by atoms with Crippen molar-refractivity contribution >= 4 is 5.78 Å². The molecule has 3 fully saturated rings. The van der Waals surface area contributed by atoms with Crippen molar-refractivity contribution in [2.24, 2.45) is 11.8 Å². The highest BCUT2D eigenvalue weighted by molar-refractivity contribution is 5.93. The molecule has 14 heavy (non-hydrogen) atoms. The number of ether oxygens (including phenoxy) is 1. The van der Waals surface area contributed by atoms with Gasteiger partial charge in [0.2, 0.25) is 0 Å². The van der Waals surface area contributed by atoms with Gasteiger partial charge in [-0.25, -0.2) is 0 Å². The minimum absolute atomic E-state index is 0.0760. The number of ketones is 1. The average molecular weight is 194 g/mol. The maximum atomic E-state index is 12.1. The predicted octanol–water partition coefficient (Wildman–Crippen LogP) is 2.31. The monoisotopic (exact) mass is 194 g/mol. The first-order valence-electron chi connectivity index (χ1n) is 5.84. The Bertz CT molecular complexity index is 299. The quantitative estimate of drug-likeness (QED) is 0.554. The Morgan fingerprint density at radius 1 is 1.43 bits per heavy atom. The first-order valence-corrected chi connectivity index (χ1v) is 5.84. The summed E-state index contributed by atoms with van der Waals surface area (Å²) in [5, 5.41) is 0. The minimum atomic E-state index is -0.330. The van der Waals surface area contributed by atoms with E-state index in [1.165, 1.54) is 12.8 Å². The molecule has 3 aliphatic rings. The third-order valence-electron chi connectivity index (χ3n) is 4.75. The van der Waals surface area contributed by atoms with Gasteiger partial charge in [0.25, 0.3) is 0 Å². The van der Waals surface area contributed by atoms with Crippen molar-refractivity contribution in [3.05, 3.63) is 0 Å². The summed E-state index contributed by atoms with van der Waals surface area (Å²) in [6.45, 7) is 4.42. The van der Waals surface area contributed by atoms with Crippen molar-refractivity contribution in [2.75, 3.05) is 0 Å². The maximum Gasteiger partial charge on any atom is 0.167 e. The Morgan fingerprint density at radius 3 is 2.93 bits per heavy atom. The van der Waals surface area contributed by atoms with Crippen LogP contribution in [0, 0.1) is 11.8 Å². The van der Waals surface area contributed by atoms with Gasteiger partial charge in [0.05, 0.1) is 0 Å². The van der Waals surface area contributed by atoms with Gasteiger partial charge in [-0.2, -0.15) is 0 Å². The molecule has 1 heterocycles. The SMILES string of the molecule is C[C@@H]1CCCC(=O)[C@@]23O[C@]2(C)CC[C@@H]13. The van der Waals surface area contributed by atoms with Crippen molar-refractivity contribution in [1.29, 1.82) is 0 Å². The van der Waals surface area contributed by atoms with Crippen LogP contribution in [0.3, 0.4) is 0 Å². The number of carbonyl (C=O) groups is 1. The zero-order valence-corrected chi connectivity index (χ0v) is 9.01. The topological polar surface area (TPSA) is 29.6 Å². The first kappa shape index (κ1) is 8.90.